The molecule has 0 amide bonds. The van der Waals surface area contributed by atoms with E-state index in [2.05, 4.69) is 4.74 Å². The van der Waals surface area contributed by atoms with Crippen LogP contribution in [-0.4, -0.2) is 67.6 Å². The van der Waals surface area contributed by atoms with Crippen molar-refractivity contribution in [1.29, 1.82) is 0 Å². The Labute approximate surface area is 73.4 Å². The van der Waals surface area contributed by atoms with Crippen molar-refractivity contribution in [3.8, 4) is 0 Å². The summed E-state index contributed by atoms with van der Waals surface area (Å²) in [5.74, 6) is -2.77. The topological polar surface area (TPSA) is 131 Å². The molecule has 4 atom stereocenters. The molecule has 0 aromatic carbocycles. The van der Waals surface area contributed by atoms with Gasteiger partial charge in [-0.15, -0.1) is 0 Å². The van der Waals surface area contributed by atoms with E-state index >= 15 is 0 Å². The minimum atomic E-state index is -2.77. The van der Waals surface area contributed by atoms with Crippen LogP contribution in [-0.2, 0) is 4.74 Å². The van der Waals surface area contributed by atoms with Crippen LogP contribution >= 0.6 is 0 Å². The molecule has 78 valence electrons. The Balaban J connectivity index is 2.82. The van der Waals surface area contributed by atoms with Crippen LogP contribution in [0.25, 0.3) is 0 Å². The minimum absolute atomic E-state index is 0.798. The summed E-state index contributed by atoms with van der Waals surface area (Å²) < 4.78 is 4.43. The van der Waals surface area contributed by atoms with Crippen LogP contribution in [0.3, 0.4) is 0 Å². The predicted molar refractivity (Wildman–Crippen MR) is 37.1 cm³/mol. The minimum Gasteiger partial charge on any atom is -0.393 e. The van der Waals surface area contributed by atoms with Crippen LogP contribution in [0.15, 0.2) is 0 Å². The van der Waals surface area contributed by atoms with Gasteiger partial charge in [-0.25, -0.2) is 0 Å². The molecule has 0 radical (unpaired) electrons. The van der Waals surface area contributed by atoms with Gasteiger partial charge in [0.25, 0.3) is 0 Å². The molecule has 1 fully saturated rings. The Morgan fingerprint density at radius 2 is 1.69 bits per heavy atom. The van der Waals surface area contributed by atoms with Crippen LogP contribution in [0.2, 0.25) is 0 Å². The molecule has 0 spiro atoms. The summed E-state index contributed by atoms with van der Waals surface area (Å²) in [6.07, 6.45) is -7.12. The van der Waals surface area contributed by atoms with Gasteiger partial charge in [-0.05, 0) is 0 Å². The zero-order valence-corrected chi connectivity index (χ0v) is 6.61. The zero-order chi connectivity index (χ0) is 10.2. The van der Waals surface area contributed by atoms with Gasteiger partial charge in [0.1, 0.15) is 18.3 Å². The first kappa shape index (κ1) is 10.8. The molecule has 7 nitrogen and oxygen atoms in total. The normalized spacial score (nSPS) is 44.8. The number of ether oxygens (including phenoxy) is 1. The van der Waals surface area contributed by atoms with Gasteiger partial charge >= 0.3 is 0 Å². The highest BCUT2D eigenvalue weighted by Crippen LogP contribution is 2.26. The summed E-state index contributed by atoms with van der Waals surface area (Å²) in [4.78, 5) is 0. The molecule has 13 heavy (non-hydrogen) atoms. The molecule has 7 heteroatoms. The van der Waals surface area contributed by atoms with E-state index in [-0.39, 0.29) is 0 Å². The lowest BCUT2D eigenvalue weighted by Crippen LogP contribution is -2.66. The summed E-state index contributed by atoms with van der Waals surface area (Å²) in [7, 11) is 0. The summed E-state index contributed by atoms with van der Waals surface area (Å²) in [6.45, 7) is -0.798. The highest BCUT2D eigenvalue weighted by atomic mass is 16.7. The monoisotopic (exact) mass is 196 g/mol. The molecule has 6 N–H and O–H groups in total. The number of hydrogen-bond donors (Lipinski definition) is 6. The van der Waals surface area contributed by atoms with E-state index in [1.807, 2.05) is 0 Å². The maximum atomic E-state index is 9.14. The van der Waals surface area contributed by atoms with E-state index in [1.54, 1.807) is 0 Å². The SMILES string of the molecule is OC[C@H]1O[C@@H](O)[C@H](O)[C@@H](O)C1(O)O. The van der Waals surface area contributed by atoms with Gasteiger partial charge in [-0.1, -0.05) is 0 Å². The van der Waals surface area contributed by atoms with Crippen molar-refractivity contribution in [3.63, 3.8) is 0 Å². The van der Waals surface area contributed by atoms with Crippen LogP contribution < -0.4 is 0 Å². The van der Waals surface area contributed by atoms with Crippen molar-refractivity contribution in [2.45, 2.75) is 30.4 Å². The lowest BCUT2D eigenvalue weighted by Gasteiger charge is -2.42. The smallest absolute Gasteiger partial charge is 0.221 e. The lowest BCUT2D eigenvalue weighted by atomic mass is 9.95. The quantitative estimate of drug-likeness (QED) is 0.236. The molecular weight excluding hydrogens is 184 g/mol. The second-order valence-corrected chi connectivity index (χ2v) is 2.92. The van der Waals surface area contributed by atoms with E-state index in [9.17, 15) is 0 Å². The number of hydrogen-bond acceptors (Lipinski definition) is 7. The highest BCUT2D eigenvalue weighted by Gasteiger charge is 2.53. The maximum Gasteiger partial charge on any atom is 0.221 e. The second kappa shape index (κ2) is 3.46. The summed E-state index contributed by atoms with van der Waals surface area (Å²) in [6, 6.07) is 0. The Bertz CT molecular complexity index is 178. The van der Waals surface area contributed by atoms with E-state index in [4.69, 9.17) is 30.6 Å². The Morgan fingerprint density at radius 1 is 1.15 bits per heavy atom. The van der Waals surface area contributed by atoms with E-state index < -0.39 is 37.0 Å². The first-order chi connectivity index (χ1) is 5.91. The molecule has 0 unspecified atom stereocenters. The number of aliphatic hydroxyl groups is 6. The van der Waals surface area contributed by atoms with Crippen molar-refractivity contribution in [2.24, 2.45) is 0 Å². The Kier molecular flexibility index (Phi) is 2.88. The fourth-order valence-corrected chi connectivity index (χ4v) is 1.12. The first-order valence-electron chi connectivity index (χ1n) is 3.66. The largest absolute Gasteiger partial charge is 0.393 e. The third kappa shape index (κ3) is 1.67. The van der Waals surface area contributed by atoms with Crippen LogP contribution in [0, 0.1) is 0 Å². The van der Waals surface area contributed by atoms with Crippen LogP contribution in [0.1, 0.15) is 0 Å². The number of rotatable bonds is 1. The Morgan fingerprint density at radius 3 is 2.15 bits per heavy atom. The van der Waals surface area contributed by atoms with Crippen LogP contribution in [0.4, 0.5) is 0 Å². The van der Waals surface area contributed by atoms with E-state index in [0.29, 0.717) is 0 Å². The molecule has 1 rings (SSSR count). The van der Waals surface area contributed by atoms with Gasteiger partial charge in [-0.3, -0.25) is 0 Å². The lowest BCUT2D eigenvalue weighted by molar-refractivity contribution is -0.380. The molecule has 1 heterocycles. The van der Waals surface area contributed by atoms with Gasteiger partial charge in [0.2, 0.25) is 5.79 Å². The van der Waals surface area contributed by atoms with Gasteiger partial charge in [-0.2, -0.15) is 0 Å². The molecule has 0 aromatic heterocycles. The first-order valence-corrected chi connectivity index (χ1v) is 3.66. The Hall–Kier alpha value is -0.280. The van der Waals surface area contributed by atoms with Crippen molar-refractivity contribution in [2.75, 3.05) is 6.61 Å². The average Bonchev–Trinajstić information content (AvgIpc) is 2.08. The van der Waals surface area contributed by atoms with Crippen molar-refractivity contribution in [1.82, 2.24) is 0 Å². The molecule has 1 aliphatic rings. The molecular formula is C6H12O7. The van der Waals surface area contributed by atoms with E-state index in [1.165, 1.54) is 0 Å². The zero-order valence-electron chi connectivity index (χ0n) is 6.61. The molecule has 1 saturated heterocycles. The van der Waals surface area contributed by atoms with Crippen molar-refractivity contribution < 1.29 is 35.4 Å². The molecule has 0 bridgehead atoms. The molecule has 1 aliphatic heterocycles. The fraction of sp³-hybridized carbons (Fsp3) is 1.00. The fourth-order valence-electron chi connectivity index (χ4n) is 1.12. The van der Waals surface area contributed by atoms with Crippen molar-refractivity contribution >= 4 is 0 Å². The van der Waals surface area contributed by atoms with Crippen molar-refractivity contribution in [3.05, 3.63) is 0 Å². The standard InChI is InChI=1S/C6H12O7/c7-1-2-6(11,12)4(9)3(8)5(10)13-2/h2-5,7-12H,1H2/t2-,3-,4-,5-/m1/s1. The second-order valence-electron chi connectivity index (χ2n) is 2.92. The van der Waals surface area contributed by atoms with Gasteiger partial charge in [0, 0.05) is 0 Å². The summed E-state index contributed by atoms with van der Waals surface area (Å²) in [5, 5.41) is 53.8. The molecule has 0 aromatic rings. The van der Waals surface area contributed by atoms with Gasteiger partial charge in [0.15, 0.2) is 6.29 Å². The van der Waals surface area contributed by atoms with Crippen LogP contribution in [0.5, 0.6) is 0 Å². The van der Waals surface area contributed by atoms with E-state index in [0.717, 1.165) is 0 Å². The predicted octanol–water partition coefficient (Wildman–Crippen LogP) is -3.90. The number of aliphatic hydroxyl groups excluding tert-OH is 4. The third-order valence-electron chi connectivity index (χ3n) is 1.99. The summed E-state index contributed by atoms with van der Waals surface area (Å²) in [5.41, 5.74) is 0. The highest BCUT2D eigenvalue weighted by molar-refractivity contribution is 4.93. The molecule has 0 saturated carbocycles. The third-order valence-corrected chi connectivity index (χ3v) is 1.99. The van der Waals surface area contributed by atoms with Gasteiger partial charge < -0.3 is 35.4 Å². The summed E-state index contributed by atoms with van der Waals surface area (Å²) >= 11 is 0. The van der Waals surface area contributed by atoms with Gasteiger partial charge in [0.05, 0.1) is 6.61 Å². The molecule has 0 aliphatic carbocycles. The maximum absolute atomic E-state index is 9.14. The average molecular weight is 196 g/mol.